The minimum atomic E-state index is 0.532. The fourth-order valence-corrected chi connectivity index (χ4v) is 1.73. The van der Waals surface area contributed by atoms with Crippen molar-refractivity contribution in [3.8, 4) is 0 Å². The zero-order chi connectivity index (χ0) is 6.27. The predicted octanol–water partition coefficient (Wildman–Crippen LogP) is 0.979. The van der Waals surface area contributed by atoms with Gasteiger partial charge in [-0.25, -0.2) is 5.01 Å². The van der Waals surface area contributed by atoms with Gasteiger partial charge in [-0.3, -0.25) is 5.84 Å². The molecule has 3 heteroatoms. The number of nitrogens with zero attached hydrogens (tertiary/aromatic N) is 1. The fourth-order valence-electron chi connectivity index (χ4n) is 0.887. The van der Waals surface area contributed by atoms with Crippen LogP contribution in [0.1, 0.15) is 10.9 Å². The highest BCUT2D eigenvalue weighted by Gasteiger charge is 2.32. The summed E-state index contributed by atoms with van der Waals surface area (Å²) in [5, 5.41) is 3.92. The molecule has 2 atom stereocenters. The van der Waals surface area contributed by atoms with Gasteiger partial charge in [-0.2, -0.15) is 0 Å². The van der Waals surface area contributed by atoms with Gasteiger partial charge in [-0.05, 0) is 11.4 Å². The van der Waals surface area contributed by atoms with Crippen LogP contribution in [0.3, 0.4) is 0 Å². The zero-order valence-corrected chi connectivity index (χ0v) is 5.77. The van der Waals surface area contributed by atoms with Crippen molar-refractivity contribution < 1.29 is 0 Å². The average molecular weight is 140 g/mol. The molecule has 0 saturated carbocycles. The lowest BCUT2D eigenvalue weighted by Gasteiger charge is -1.88. The van der Waals surface area contributed by atoms with Crippen LogP contribution in [0.25, 0.3) is 0 Å². The molecule has 2 N–H and O–H groups in total. The van der Waals surface area contributed by atoms with E-state index in [-0.39, 0.29) is 0 Å². The first-order valence-corrected chi connectivity index (χ1v) is 3.80. The maximum Gasteiger partial charge on any atom is 0.0725 e. The van der Waals surface area contributed by atoms with Crippen LogP contribution in [0.2, 0.25) is 0 Å². The molecule has 2 heterocycles. The number of rotatable bonds is 1. The Hall–Kier alpha value is -0.380. The smallest absolute Gasteiger partial charge is 0.0725 e. The number of hydrogen-bond donors (Lipinski definition) is 1. The van der Waals surface area contributed by atoms with Gasteiger partial charge in [0.2, 0.25) is 0 Å². The zero-order valence-electron chi connectivity index (χ0n) is 4.95. The van der Waals surface area contributed by atoms with E-state index in [4.69, 9.17) is 5.84 Å². The standard InChI is InChI=1S/C6H8N2S/c7-8-4-5(8)6-2-1-3-9-6/h1-3,5H,4,7H2. The summed E-state index contributed by atoms with van der Waals surface area (Å²) < 4.78 is 0. The Morgan fingerprint density at radius 1 is 1.78 bits per heavy atom. The highest BCUT2D eigenvalue weighted by molar-refractivity contribution is 7.10. The summed E-state index contributed by atoms with van der Waals surface area (Å²) in [6.07, 6.45) is 0. The summed E-state index contributed by atoms with van der Waals surface area (Å²) in [5.41, 5.74) is 0. The third-order valence-electron chi connectivity index (χ3n) is 1.52. The maximum absolute atomic E-state index is 5.50. The predicted molar refractivity (Wildman–Crippen MR) is 38.0 cm³/mol. The second kappa shape index (κ2) is 1.80. The molecule has 0 spiro atoms. The Balaban J connectivity index is 2.18. The van der Waals surface area contributed by atoms with Crippen LogP contribution in [0.4, 0.5) is 0 Å². The molecular formula is C6H8N2S. The first-order chi connectivity index (χ1) is 4.38. The molecule has 0 bridgehead atoms. The summed E-state index contributed by atoms with van der Waals surface area (Å²) in [4.78, 5) is 1.39. The van der Waals surface area contributed by atoms with Crippen LogP contribution in [0.15, 0.2) is 17.5 Å². The fraction of sp³-hybridized carbons (Fsp3) is 0.333. The third-order valence-corrected chi connectivity index (χ3v) is 2.50. The van der Waals surface area contributed by atoms with Gasteiger partial charge >= 0.3 is 0 Å². The number of hydrogen-bond acceptors (Lipinski definition) is 3. The van der Waals surface area contributed by atoms with E-state index in [0.29, 0.717) is 6.04 Å². The molecule has 1 aliphatic heterocycles. The van der Waals surface area contributed by atoms with E-state index in [2.05, 4.69) is 17.5 Å². The molecule has 0 aliphatic carbocycles. The number of nitrogens with two attached hydrogens (primary N) is 1. The van der Waals surface area contributed by atoms with Crippen molar-refractivity contribution in [2.75, 3.05) is 6.54 Å². The molecule has 1 aromatic heterocycles. The van der Waals surface area contributed by atoms with Crippen molar-refractivity contribution >= 4 is 11.3 Å². The second-order valence-corrected chi connectivity index (χ2v) is 3.21. The highest BCUT2D eigenvalue weighted by Crippen LogP contribution is 2.33. The minimum Gasteiger partial charge on any atom is -0.268 e. The van der Waals surface area contributed by atoms with E-state index in [0.717, 1.165) is 6.54 Å². The van der Waals surface area contributed by atoms with E-state index >= 15 is 0 Å². The molecule has 2 rings (SSSR count). The lowest BCUT2D eigenvalue weighted by Crippen LogP contribution is -2.05. The monoisotopic (exact) mass is 140 g/mol. The van der Waals surface area contributed by atoms with Gasteiger partial charge in [0.05, 0.1) is 6.04 Å². The molecule has 2 nitrogen and oxygen atoms in total. The molecule has 0 radical (unpaired) electrons. The Kier molecular flexibility index (Phi) is 1.08. The van der Waals surface area contributed by atoms with E-state index in [1.807, 2.05) is 5.01 Å². The van der Waals surface area contributed by atoms with Crippen LogP contribution in [-0.4, -0.2) is 11.6 Å². The molecule has 0 amide bonds. The lowest BCUT2D eigenvalue weighted by molar-refractivity contribution is 0.551. The molecule has 2 unspecified atom stereocenters. The Labute approximate surface area is 57.9 Å². The van der Waals surface area contributed by atoms with Gasteiger partial charge < -0.3 is 0 Å². The van der Waals surface area contributed by atoms with Gasteiger partial charge in [0.1, 0.15) is 0 Å². The van der Waals surface area contributed by atoms with Gasteiger partial charge in [0, 0.05) is 11.4 Å². The lowest BCUT2D eigenvalue weighted by atomic mass is 10.4. The largest absolute Gasteiger partial charge is 0.268 e. The molecule has 1 saturated heterocycles. The van der Waals surface area contributed by atoms with Crippen molar-refractivity contribution in [2.24, 2.45) is 5.84 Å². The summed E-state index contributed by atoms with van der Waals surface area (Å²) in [6.45, 7) is 1.03. The molecule has 1 aromatic rings. The highest BCUT2D eigenvalue weighted by atomic mass is 32.1. The molecular weight excluding hydrogens is 132 g/mol. The van der Waals surface area contributed by atoms with E-state index in [9.17, 15) is 0 Å². The van der Waals surface area contributed by atoms with E-state index < -0.39 is 0 Å². The average Bonchev–Trinajstić information content (AvgIpc) is 2.44. The number of thiophene rings is 1. The summed E-state index contributed by atoms with van der Waals surface area (Å²) in [7, 11) is 0. The topological polar surface area (TPSA) is 29.0 Å². The second-order valence-electron chi connectivity index (χ2n) is 2.23. The van der Waals surface area contributed by atoms with E-state index in [1.165, 1.54) is 4.88 Å². The Morgan fingerprint density at radius 3 is 3.00 bits per heavy atom. The third kappa shape index (κ3) is 0.871. The first-order valence-electron chi connectivity index (χ1n) is 2.92. The summed E-state index contributed by atoms with van der Waals surface area (Å²) in [6, 6.07) is 4.72. The van der Waals surface area contributed by atoms with Crippen molar-refractivity contribution in [1.29, 1.82) is 0 Å². The Bertz CT molecular complexity index is 195. The summed E-state index contributed by atoms with van der Waals surface area (Å²) >= 11 is 1.78. The molecule has 9 heavy (non-hydrogen) atoms. The quantitative estimate of drug-likeness (QED) is 0.465. The van der Waals surface area contributed by atoms with Gasteiger partial charge in [0.15, 0.2) is 0 Å². The SMILES string of the molecule is NN1CC1c1cccs1. The van der Waals surface area contributed by atoms with Crippen LogP contribution >= 0.6 is 11.3 Å². The van der Waals surface area contributed by atoms with Gasteiger partial charge in [-0.1, -0.05) is 6.07 Å². The van der Waals surface area contributed by atoms with Crippen LogP contribution in [-0.2, 0) is 0 Å². The van der Waals surface area contributed by atoms with Crippen LogP contribution in [0, 0.1) is 0 Å². The van der Waals surface area contributed by atoms with Crippen LogP contribution in [0.5, 0.6) is 0 Å². The first kappa shape index (κ1) is 5.41. The van der Waals surface area contributed by atoms with Gasteiger partial charge in [0.25, 0.3) is 0 Å². The molecule has 1 aliphatic rings. The molecule has 1 fully saturated rings. The molecule has 48 valence electrons. The van der Waals surface area contributed by atoms with Crippen molar-refractivity contribution in [3.05, 3.63) is 22.4 Å². The summed E-state index contributed by atoms with van der Waals surface area (Å²) in [5.74, 6) is 5.50. The van der Waals surface area contributed by atoms with Crippen molar-refractivity contribution in [1.82, 2.24) is 5.01 Å². The maximum atomic E-state index is 5.50. The van der Waals surface area contributed by atoms with Crippen LogP contribution < -0.4 is 5.84 Å². The molecule has 0 aromatic carbocycles. The normalized spacial score (nSPS) is 32.6. The van der Waals surface area contributed by atoms with E-state index in [1.54, 1.807) is 11.3 Å². The van der Waals surface area contributed by atoms with Crippen molar-refractivity contribution in [2.45, 2.75) is 6.04 Å². The number of hydrazine groups is 1. The minimum absolute atomic E-state index is 0.532. The Morgan fingerprint density at radius 2 is 2.56 bits per heavy atom. The van der Waals surface area contributed by atoms with Gasteiger partial charge in [-0.15, -0.1) is 11.3 Å². The van der Waals surface area contributed by atoms with Crippen molar-refractivity contribution in [3.63, 3.8) is 0 Å².